The topological polar surface area (TPSA) is 95.3 Å². The van der Waals surface area contributed by atoms with E-state index in [2.05, 4.69) is 24.4 Å². The summed E-state index contributed by atoms with van der Waals surface area (Å²) in [4.78, 5) is 15.9. The predicted octanol–water partition coefficient (Wildman–Crippen LogP) is 3.26. The van der Waals surface area contributed by atoms with Gasteiger partial charge < -0.3 is 18.9 Å². The second kappa shape index (κ2) is 7.92. The summed E-state index contributed by atoms with van der Waals surface area (Å²) < 4.78 is 17.0. The average Bonchev–Trinajstić information content (AvgIpc) is 3.43. The molecule has 162 valence electrons. The minimum absolute atomic E-state index is 0.00804. The summed E-state index contributed by atoms with van der Waals surface area (Å²) in [6, 6.07) is 6.02. The number of ether oxygens (including phenoxy) is 2. The lowest BCUT2D eigenvalue weighted by Gasteiger charge is -2.44. The molecule has 3 heterocycles. The first-order valence-corrected chi connectivity index (χ1v) is 11.2. The first-order valence-electron chi connectivity index (χ1n) is 10.4. The highest BCUT2D eigenvalue weighted by Crippen LogP contribution is 2.41. The van der Waals surface area contributed by atoms with E-state index in [9.17, 15) is 4.79 Å². The van der Waals surface area contributed by atoms with Gasteiger partial charge in [-0.2, -0.15) is 0 Å². The molecule has 2 atom stereocenters. The van der Waals surface area contributed by atoms with Gasteiger partial charge in [-0.25, -0.2) is 0 Å². The van der Waals surface area contributed by atoms with E-state index in [0.29, 0.717) is 28.6 Å². The van der Waals surface area contributed by atoms with Gasteiger partial charge in [0.15, 0.2) is 23.1 Å². The number of aryl methyl sites for hydroxylation is 1. The maximum Gasteiger partial charge on any atom is 0.268 e. The summed E-state index contributed by atoms with van der Waals surface area (Å²) in [6.45, 7) is 2.26. The van der Waals surface area contributed by atoms with Crippen molar-refractivity contribution in [2.24, 2.45) is 0 Å². The molecule has 2 aliphatic rings. The zero-order valence-electron chi connectivity index (χ0n) is 17.7. The number of hydrogen-bond donors (Lipinski definition) is 0. The number of hydrogen-bond acceptors (Lipinski definition) is 8. The quantitative estimate of drug-likeness (QED) is 0.614. The lowest BCUT2D eigenvalue weighted by Crippen LogP contribution is -2.50. The average molecular weight is 441 g/mol. The Morgan fingerprint density at radius 1 is 1.06 bits per heavy atom. The van der Waals surface area contributed by atoms with Crippen molar-refractivity contribution in [1.82, 2.24) is 29.3 Å². The van der Waals surface area contributed by atoms with Crippen LogP contribution >= 0.6 is 11.5 Å². The van der Waals surface area contributed by atoms with Crippen molar-refractivity contribution in [3.63, 3.8) is 0 Å². The molecule has 1 amide bonds. The summed E-state index contributed by atoms with van der Waals surface area (Å²) in [5.41, 5.74) is 1.60. The van der Waals surface area contributed by atoms with E-state index in [0.717, 1.165) is 54.4 Å². The highest BCUT2D eigenvalue weighted by molar-refractivity contribution is 7.07. The van der Waals surface area contributed by atoms with Crippen molar-refractivity contribution < 1.29 is 14.3 Å². The Bertz CT molecular complexity index is 1130. The van der Waals surface area contributed by atoms with Crippen molar-refractivity contribution in [1.29, 1.82) is 0 Å². The lowest BCUT2D eigenvalue weighted by molar-refractivity contribution is 0.0424. The third-order valence-electron chi connectivity index (χ3n) is 6.25. The third kappa shape index (κ3) is 3.25. The minimum Gasteiger partial charge on any atom is -0.493 e. The SMILES string of the molecule is COc1ccc(-c2nnc3n2[C@H]2CCCC[C@H]2N(C(=O)c2snnc2C)C3)cc1OC. The minimum atomic E-state index is -0.00804. The molecule has 1 aliphatic carbocycles. The molecule has 0 bridgehead atoms. The number of carbonyl (C=O) groups is 1. The summed E-state index contributed by atoms with van der Waals surface area (Å²) >= 11 is 1.16. The monoisotopic (exact) mass is 440 g/mol. The fraction of sp³-hybridized carbons (Fsp3) is 0.476. The summed E-state index contributed by atoms with van der Waals surface area (Å²) in [5.74, 6) is 2.92. The Morgan fingerprint density at radius 2 is 1.84 bits per heavy atom. The van der Waals surface area contributed by atoms with Gasteiger partial charge in [-0.1, -0.05) is 17.3 Å². The Balaban J connectivity index is 1.56. The zero-order valence-corrected chi connectivity index (χ0v) is 18.6. The van der Waals surface area contributed by atoms with Crippen LogP contribution in [0.1, 0.15) is 52.9 Å². The zero-order chi connectivity index (χ0) is 21.5. The Morgan fingerprint density at radius 3 is 2.55 bits per heavy atom. The summed E-state index contributed by atoms with van der Waals surface area (Å²) in [7, 11) is 3.24. The van der Waals surface area contributed by atoms with Crippen molar-refractivity contribution in [3.8, 4) is 22.9 Å². The van der Waals surface area contributed by atoms with Crippen molar-refractivity contribution >= 4 is 17.4 Å². The Kier molecular flexibility index (Phi) is 5.09. The van der Waals surface area contributed by atoms with Gasteiger partial charge in [0.1, 0.15) is 4.88 Å². The number of carbonyl (C=O) groups excluding carboxylic acids is 1. The van der Waals surface area contributed by atoms with Crippen LogP contribution in [0.4, 0.5) is 0 Å². The molecule has 0 saturated heterocycles. The smallest absolute Gasteiger partial charge is 0.268 e. The van der Waals surface area contributed by atoms with Crippen LogP contribution in [-0.4, -0.2) is 55.4 Å². The fourth-order valence-corrected chi connectivity index (χ4v) is 5.37. The highest BCUT2D eigenvalue weighted by Gasteiger charge is 2.42. The molecule has 1 aromatic carbocycles. The van der Waals surface area contributed by atoms with E-state index >= 15 is 0 Å². The summed E-state index contributed by atoms with van der Waals surface area (Å²) in [5, 5.41) is 13.0. The second-order valence-corrected chi connectivity index (χ2v) is 8.67. The van der Waals surface area contributed by atoms with Gasteiger partial charge >= 0.3 is 0 Å². The van der Waals surface area contributed by atoms with Gasteiger partial charge in [0.25, 0.3) is 5.91 Å². The molecule has 1 saturated carbocycles. The number of rotatable bonds is 4. The number of nitrogens with zero attached hydrogens (tertiary/aromatic N) is 6. The lowest BCUT2D eigenvalue weighted by atomic mass is 9.87. The maximum atomic E-state index is 13.3. The van der Waals surface area contributed by atoms with Gasteiger partial charge in [-0.15, -0.1) is 15.3 Å². The molecular weight excluding hydrogens is 416 g/mol. The molecule has 9 nitrogen and oxygen atoms in total. The fourth-order valence-electron chi connectivity index (χ4n) is 4.76. The molecule has 5 rings (SSSR count). The molecule has 0 spiro atoms. The predicted molar refractivity (Wildman–Crippen MR) is 114 cm³/mol. The molecule has 3 aromatic rings. The van der Waals surface area contributed by atoms with Gasteiger partial charge in [0, 0.05) is 5.56 Å². The molecule has 1 aliphatic heterocycles. The second-order valence-electron chi connectivity index (χ2n) is 7.92. The van der Waals surface area contributed by atoms with E-state index in [-0.39, 0.29) is 18.0 Å². The van der Waals surface area contributed by atoms with Crippen LogP contribution in [0.2, 0.25) is 0 Å². The molecule has 0 N–H and O–H groups in total. The van der Waals surface area contributed by atoms with E-state index < -0.39 is 0 Å². The van der Waals surface area contributed by atoms with E-state index in [1.165, 1.54) is 0 Å². The van der Waals surface area contributed by atoms with Crippen LogP contribution in [0.5, 0.6) is 11.5 Å². The number of fused-ring (bicyclic) bond motifs is 3. The Hall–Kier alpha value is -3.01. The number of methoxy groups -OCH3 is 2. The first kappa shape index (κ1) is 19.9. The van der Waals surface area contributed by atoms with Crippen LogP contribution in [0, 0.1) is 6.92 Å². The van der Waals surface area contributed by atoms with Crippen LogP contribution in [0.3, 0.4) is 0 Å². The van der Waals surface area contributed by atoms with E-state index in [1.807, 2.05) is 30.0 Å². The number of aromatic nitrogens is 5. The van der Waals surface area contributed by atoms with Crippen molar-refractivity contribution in [2.45, 2.75) is 51.2 Å². The largest absolute Gasteiger partial charge is 0.493 e. The molecule has 31 heavy (non-hydrogen) atoms. The molecule has 2 aromatic heterocycles. The summed E-state index contributed by atoms with van der Waals surface area (Å²) in [6.07, 6.45) is 4.17. The van der Waals surface area contributed by atoms with Crippen LogP contribution < -0.4 is 9.47 Å². The highest BCUT2D eigenvalue weighted by atomic mass is 32.1. The van der Waals surface area contributed by atoms with Gasteiger partial charge in [0.2, 0.25) is 0 Å². The van der Waals surface area contributed by atoms with Gasteiger partial charge in [-0.3, -0.25) is 4.79 Å². The van der Waals surface area contributed by atoms with E-state index in [1.54, 1.807) is 14.2 Å². The van der Waals surface area contributed by atoms with Crippen LogP contribution in [-0.2, 0) is 6.54 Å². The van der Waals surface area contributed by atoms with Gasteiger partial charge in [0.05, 0.1) is 38.5 Å². The Labute approximate surface area is 184 Å². The maximum absolute atomic E-state index is 13.3. The standard InChI is InChI=1S/C21H24N6O3S/c1-12-19(31-25-22-12)21(28)26-11-18-23-24-20(27(18)15-7-5-4-6-14(15)26)13-8-9-16(29-2)17(10-13)30-3/h8-10,14-15H,4-7,11H2,1-3H3/t14-,15+/m1/s1. The van der Waals surface area contributed by atoms with Crippen molar-refractivity contribution in [2.75, 3.05) is 14.2 Å². The van der Waals surface area contributed by atoms with Crippen LogP contribution in [0.25, 0.3) is 11.4 Å². The van der Waals surface area contributed by atoms with Crippen LogP contribution in [0.15, 0.2) is 18.2 Å². The first-order chi connectivity index (χ1) is 15.1. The molecule has 1 fully saturated rings. The van der Waals surface area contributed by atoms with Crippen molar-refractivity contribution in [3.05, 3.63) is 34.6 Å². The number of amides is 1. The molecule has 0 unspecified atom stereocenters. The van der Waals surface area contributed by atoms with Gasteiger partial charge in [-0.05, 0) is 49.5 Å². The van der Waals surface area contributed by atoms with E-state index in [4.69, 9.17) is 9.47 Å². The molecule has 10 heteroatoms. The molecule has 0 radical (unpaired) electrons. The third-order valence-corrected chi connectivity index (χ3v) is 7.07. The number of benzene rings is 1. The molecular formula is C21H24N6O3S. The normalized spacial score (nSPS) is 20.2.